The molecular weight excluding hydrogens is 554 g/mol. The number of nitrogens with zero attached hydrogens (tertiary/aromatic N) is 2. The lowest BCUT2D eigenvalue weighted by atomic mass is 9.78. The third-order valence-electron chi connectivity index (χ3n) is 8.62. The fraction of sp³-hybridized carbons (Fsp3) is 0.389. The number of carboxylic acid groups (broad SMARTS) is 1. The van der Waals surface area contributed by atoms with E-state index in [9.17, 15) is 14.7 Å². The van der Waals surface area contributed by atoms with Gasteiger partial charge in [-0.2, -0.15) is 0 Å². The number of carboxylic acids is 1. The van der Waals surface area contributed by atoms with Gasteiger partial charge in [0.15, 0.2) is 5.82 Å². The van der Waals surface area contributed by atoms with Crippen LogP contribution in [0.4, 0.5) is 0 Å². The van der Waals surface area contributed by atoms with Crippen molar-refractivity contribution in [2.24, 2.45) is 5.92 Å². The van der Waals surface area contributed by atoms with Gasteiger partial charge in [0.25, 0.3) is 5.91 Å². The van der Waals surface area contributed by atoms with Crippen LogP contribution >= 0.6 is 11.3 Å². The Hall–Kier alpha value is -3.84. The van der Waals surface area contributed by atoms with Crippen LogP contribution in [0.25, 0.3) is 22.5 Å². The summed E-state index contributed by atoms with van der Waals surface area (Å²) in [4.78, 5) is 35.6. The first-order chi connectivity index (χ1) is 20.6. The van der Waals surface area contributed by atoms with Crippen LogP contribution in [0, 0.1) is 5.92 Å². The molecule has 0 spiro atoms. The Morgan fingerprint density at radius 2 is 1.51 bits per heavy atom. The van der Waals surface area contributed by atoms with Gasteiger partial charge in [-0.3, -0.25) is 4.79 Å². The van der Waals surface area contributed by atoms with Crippen LogP contribution in [-0.2, 0) is 16.6 Å². The second-order valence-corrected chi connectivity index (χ2v) is 13.8. The van der Waals surface area contributed by atoms with Gasteiger partial charge < -0.3 is 10.4 Å². The first-order valence-corrected chi connectivity index (χ1v) is 16.1. The zero-order chi connectivity index (χ0) is 30.6. The number of benzene rings is 2. The molecule has 0 aliphatic heterocycles. The van der Waals surface area contributed by atoms with Crippen molar-refractivity contribution in [1.29, 1.82) is 0 Å². The normalized spacial score (nSPS) is 17.8. The van der Waals surface area contributed by atoms with Crippen LogP contribution in [-0.4, -0.2) is 33.0 Å². The highest BCUT2D eigenvalue weighted by Crippen LogP contribution is 2.37. The number of nitrogens with one attached hydrogen (secondary N) is 1. The fourth-order valence-electron chi connectivity index (χ4n) is 5.80. The number of aliphatic carboxylic acids is 1. The number of hydrogen-bond acceptors (Lipinski definition) is 5. The van der Waals surface area contributed by atoms with Crippen LogP contribution in [0.5, 0.6) is 0 Å². The molecule has 43 heavy (non-hydrogen) atoms. The first kappa shape index (κ1) is 30.6. The maximum absolute atomic E-state index is 12.8. The van der Waals surface area contributed by atoms with Crippen LogP contribution in [0.1, 0.15) is 91.4 Å². The summed E-state index contributed by atoms with van der Waals surface area (Å²) in [6, 6.07) is 19.0. The molecule has 2 aromatic heterocycles. The largest absolute Gasteiger partial charge is 0.480 e. The minimum absolute atomic E-state index is 0.0697. The quantitative estimate of drug-likeness (QED) is 0.203. The van der Waals surface area contributed by atoms with Crippen molar-refractivity contribution in [2.75, 3.05) is 0 Å². The molecule has 0 saturated heterocycles. The summed E-state index contributed by atoms with van der Waals surface area (Å²) >= 11 is 1.40. The smallest absolute Gasteiger partial charge is 0.326 e. The van der Waals surface area contributed by atoms with Crippen molar-refractivity contribution in [3.05, 3.63) is 93.9 Å². The summed E-state index contributed by atoms with van der Waals surface area (Å²) < 4.78 is 0. The number of hydrogen-bond donors (Lipinski definition) is 2. The number of rotatable bonds is 9. The molecule has 1 amide bonds. The highest BCUT2D eigenvalue weighted by Gasteiger charge is 2.24. The lowest BCUT2D eigenvalue weighted by Gasteiger charge is -2.28. The van der Waals surface area contributed by atoms with Crippen molar-refractivity contribution in [3.63, 3.8) is 0 Å². The van der Waals surface area contributed by atoms with Gasteiger partial charge in [0, 0.05) is 34.8 Å². The SMILES string of the molecule is CCC1CCC(c2ccc(-c3cnc(-c4ccc(C[C@@H](NC(=O)c5ccc(C(C)(C)C)s5)C(=O)O)cc4)nc3)cc2)CC1. The Morgan fingerprint density at radius 1 is 0.884 bits per heavy atom. The van der Waals surface area contributed by atoms with Crippen molar-refractivity contribution < 1.29 is 14.7 Å². The number of amides is 1. The molecule has 4 aromatic rings. The van der Waals surface area contributed by atoms with Crippen LogP contribution in [0.2, 0.25) is 0 Å². The number of carbonyl (C=O) groups excluding carboxylic acids is 1. The Morgan fingerprint density at radius 3 is 2.07 bits per heavy atom. The van der Waals surface area contributed by atoms with Crippen molar-refractivity contribution in [1.82, 2.24) is 15.3 Å². The molecule has 7 heteroatoms. The molecule has 1 fully saturated rings. The van der Waals surface area contributed by atoms with Crippen molar-refractivity contribution in [2.45, 2.75) is 83.6 Å². The predicted molar refractivity (Wildman–Crippen MR) is 174 cm³/mol. The van der Waals surface area contributed by atoms with Gasteiger partial charge in [-0.15, -0.1) is 11.3 Å². The summed E-state index contributed by atoms with van der Waals surface area (Å²) in [5.74, 6) is 0.737. The molecule has 0 bridgehead atoms. The Labute approximate surface area is 258 Å². The predicted octanol–water partition coefficient (Wildman–Crippen LogP) is 8.28. The van der Waals surface area contributed by atoms with E-state index in [0.717, 1.165) is 33.0 Å². The number of thiophene rings is 1. The Bertz CT molecular complexity index is 1530. The summed E-state index contributed by atoms with van der Waals surface area (Å²) in [7, 11) is 0. The lowest BCUT2D eigenvalue weighted by molar-refractivity contribution is -0.139. The average Bonchev–Trinajstić information content (AvgIpc) is 3.53. The van der Waals surface area contributed by atoms with Crippen LogP contribution in [0.15, 0.2) is 73.1 Å². The monoisotopic (exact) mass is 595 g/mol. The van der Waals surface area contributed by atoms with E-state index in [0.29, 0.717) is 16.6 Å². The zero-order valence-corrected chi connectivity index (χ0v) is 26.3. The van der Waals surface area contributed by atoms with E-state index in [4.69, 9.17) is 0 Å². The fourth-order valence-corrected chi connectivity index (χ4v) is 6.76. The molecule has 6 nitrogen and oxygen atoms in total. The van der Waals surface area contributed by atoms with Gasteiger partial charge in [-0.1, -0.05) is 82.6 Å². The molecule has 1 atom stereocenters. The Balaban J connectivity index is 1.19. The minimum Gasteiger partial charge on any atom is -0.480 e. The molecule has 2 heterocycles. The lowest BCUT2D eigenvalue weighted by Crippen LogP contribution is -2.42. The highest BCUT2D eigenvalue weighted by atomic mass is 32.1. The van der Waals surface area contributed by atoms with Gasteiger partial charge in [0.05, 0.1) is 4.88 Å². The molecule has 1 aliphatic rings. The van der Waals surface area contributed by atoms with Gasteiger partial charge >= 0.3 is 5.97 Å². The first-order valence-electron chi connectivity index (χ1n) is 15.3. The number of carbonyl (C=O) groups is 2. The summed E-state index contributed by atoms with van der Waals surface area (Å²) in [6.07, 6.45) is 10.4. The average molecular weight is 596 g/mol. The standard InChI is InChI=1S/C36H41N3O3S/c1-5-23-6-10-25(11-7-23)26-14-16-27(17-15-26)29-21-37-33(38-22-29)28-12-8-24(9-13-28)20-30(35(41)42)39-34(40)31-18-19-32(43-31)36(2,3)4/h8-9,12-19,21-23,25,30H,5-7,10-11,20H2,1-4H3,(H,39,40)(H,41,42)/t23?,25?,30-/m1/s1. The molecule has 0 radical (unpaired) electrons. The van der Waals surface area contributed by atoms with E-state index >= 15 is 0 Å². The summed E-state index contributed by atoms with van der Waals surface area (Å²) in [6.45, 7) is 8.55. The molecule has 224 valence electrons. The third-order valence-corrected chi connectivity index (χ3v) is 10.1. The van der Waals surface area contributed by atoms with E-state index in [1.807, 2.05) is 42.7 Å². The highest BCUT2D eigenvalue weighted by molar-refractivity contribution is 7.14. The second-order valence-electron chi connectivity index (χ2n) is 12.7. The molecule has 5 rings (SSSR count). The van der Waals surface area contributed by atoms with Gasteiger partial charge in [-0.25, -0.2) is 14.8 Å². The molecule has 0 unspecified atom stereocenters. The zero-order valence-electron chi connectivity index (χ0n) is 25.5. The molecule has 1 aliphatic carbocycles. The third kappa shape index (κ3) is 7.57. The van der Waals surface area contributed by atoms with Gasteiger partial charge in [-0.05, 0) is 71.8 Å². The second kappa shape index (κ2) is 13.2. The van der Waals surface area contributed by atoms with E-state index in [1.165, 1.54) is 49.0 Å². The van der Waals surface area contributed by atoms with Gasteiger partial charge in [0.1, 0.15) is 6.04 Å². The number of aromatic nitrogens is 2. The van der Waals surface area contributed by atoms with E-state index < -0.39 is 12.0 Å². The molecule has 1 saturated carbocycles. The van der Waals surface area contributed by atoms with Crippen molar-refractivity contribution in [3.8, 4) is 22.5 Å². The molecule has 2 N–H and O–H groups in total. The van der Waals surface area contributed by atoms with Crippen molar-refractivity contribution >= 4 is 23.2 Å². The topological polar surface area (TPSA) is 92.2 Å². The van der Waals surface area contributed by atoms with Crippen LogP contribution in [0.3, 0.4) is 0 Å². The molecule has 2 aromatic carbocycles. The van der Waals surface area contributed by atoms with E-state index in [1.54, 1.807) is 6.07 Å². The molecular formula is C36H41N3O3S. The minimum atomic E-state index is -1.07. The van der Waals surface area contributed by atoms with E-state index in [2.05, 4.69) is 67.2 Å². The Kier molecular flexibility index (Phi) is 9.40. The van der Waals surface area contributed by atoms with Crippen LogP contribution < -0.4 is 5.32 Å². The summed E-state index contributed by atoms with van der Waals surface area (Å²) in [5.41, 5.74) is 5.09. The maximum atomic E-state index is 12.8. The van der Waals surface area contributed by atoms with Gasteiger partial charge in [0.2, 0.25) is 0 Å². The maximum Gasteiger partial charge on any atom is 0.326 e. The van der Waals surface area contributed by atoms with E-state index in [-0.39, 0.29) is 17.7 Å². The summed E-state index contributed by atoms with van der Waals surface area (Å²) in [5, 5.41) is 12.5.